The van der Waals surface area contributed by atoms with Crippen LogP contribution in [-0.2, 0) is 16.2 Å². The molecule has 9 aromatic rings. The number of para-hydroxylation sites is 2. The number of nitrogens with zero attached hydrogens (tertiary/aromatic N) is 1. The second kappa shape index (κ2) is 16.7. The first kappa shape index (κ1) is 43.4. The van der Waals surface area contributed by atoms with Crippen molar-refractivity contribution in [2.45, 2.75) is 91.4 Å². The van der Waals surface area contributed by atoms with E-state index in [1.54, 1.807) is 0 Å². The molecule has 1 nitrogen and oxygen atoms in total. The van der Waals surface area contributed by atoms with Gasteiger partial charge in [0.05, 0.1) is 17.1 Å². The van der Waals surface area contributed by atoms with Crippen LogP contribution in [0, 0.1) is 0 Å². The molecule has 0 N–H and O–H groups in total. The Kier molecular flexibility index (Phi) is 11.0. The molecular formula is C64H61NS. The lowest BCUT2D eigenvalue weighted by atomic mass is 9.78. The van der Waals surface area contributed by atoms with E-state index in [4.69, 9.17) is 0 Å². The minimum absolute atomic E-state index is 0.00222. The van der Waals surface area contributed by atoms with Crippen molar-refractivity contribution >= 4 is 60.2 Å². The lowest BCUT2D eigenvalue weighted by Gasteiger charge is -2.33. The lowest BCUT2D eigenvalue weighted by Crippen LogP contribution is -2.32. The maximum atomic E-state index is 2.61. The van der Waals surface area contributed by atoms with Crippen LogP contribution in [0.4, 0.5) is 17.1 Å². The highest BCUT2D eigenvalue weighted by Crippen LogP contribution is 2.50. The number of thiophene rings is 1. The summed E-state index contributed by atoms with van der Waals surface area (Å²) in [6.45, 7) is 21.0. The highest BCUT2D eigenvalue weighted by molar-refractivity contribution is 7.26. The van der Waals surface area contributed by atoms with Crippen molar-refractivity contribution in [2.24, 2.45) is 0 Å². The van der Waals surface area contributed by atoms with E-state index < -0.39 is 0 Å². The molecule has 1 heterocycles. The largest absolute Gasteiger partial charge is 0.309 e. The molecular weight excluding hydrogens is 815 g/mol. The van der Waals surface area contributed by atoms with Crippen molar-refractivity contribution in [1.29, 1.82) is 0 Å². The van der Waals surface area contributed by atoms with Crippen LogP contribution in [-0.4, -0.2) is 0 Å². The first-order chi connectivity index (χ1) is 31.6. The number of rotatable bonds is 7. The van der Waals surface area contributed by atoms with E-state index in [-0.39, 0.29) is 16.2 Å². The predicted molar refractivity (Wildman–Crippen MR) is 288 cm³/mol. The fraction of sp³-hybridized carbons (Fsp3) is 0.219. The third-order valence-corrected chi connectivity index (χ3v) is 14.9. The molecule has 66 heavy (non-hydrogen) atoms. The number of fused-ring (bicyclic) bond motifs is 4. The highest BCUT2D eigenvalue weighted by atomic mass is 32.1. The number of anilines is 3. The van der Waals surface area contributed by atoms with Crippen molar-refractivity contribution in [3.8, 4) is 33.4 Å². The average molecular weight is 876 g/mol. The summed E-state index contributed by atoms with van der Waals surface area (Å²) in [7, 11) is 0. The van der Waals surface area contributed by atoms with Gasteiger partial charge >= 0.3 is 0 Å². The first-order valence-electron chi connectivity index (χ1n) is 23.7. The molecule has 0 radical (unpaired) electrons. The summed E-state index contributed by atoms with van der Waals surface area (Å²) >= 11 is 1.90. The molecule has 0 aliphatic heterocycles. The van der Waals surface area contributed by atoms with E-state index in [0.717, 1.165) is 18.5 Å². The van der Waals surface area contributed by atoms with Crippen molar-refractivity contribution < 1.29 is 0 Å². The molecule has 0 bridgehead atoms. The summed E-state index contributed by atoms with van der Waals surface area (Å²) in [5, 5.41) is 5.27. The smallest absolute Gasteiger partial charge is 0.0543 e. The Bertz CT molecular complexity index is 3380. The van der Waals surface area contributed by atoms with E-state index in [1.165, 1.54) is 103 Å². The third-order valence-electron chi connectivity index (χ3n) is 13.6. The first-order valence-corrected chi connectivity index (χ1v) is 24.5. The fourth-order valence-electron chi connectivity index (χ4n) is 9.95. The van der Waals surface area contributed by atoms with Crippen LogP contribution >= 0.6 is 11.3 Å². The van der Waals surface area contributed by atoms with E-state index in [9.17, 15) is 0 Å². The van der Waals surface area contributed by atoms with Gasteiger partial charge in [-0.1, -0.05) is 220 Å². The lowest BCUT2D eigenvalue weighted by molar-refractivity contribution is 0.569. The maximum Gasteiger partial charge on any atom is 0.0543 e. The van der Waals surface area contributed by atoms with Gasteiger partial charge in [-0.2, -0.15) is 0 Å². The summed E-state index contributed by atoms with van der Waals surface area (Å²) in [6.07, 6.45) is 4.38. The molecule has 0 atom stereocenters. The fourth-order valence-corrected chi connectivity index (χ4v) is 11.2. The Morgan fingerprint density at radius 2 is 0.985 bits per heavy atom. The molecule has 0 amide bonds. The predicted octanol–water partition coefficient (Wildman–Crippen LogP) is 17.2. The third kappa shape index (κ3) is 8.00. The summed E-state index contributed by atoms with van der Waals surface area (Å²) in [6, 6.07) is 66.6. The van der Waals surface area contributed by atoms with Crippen LogP contribution in [0.1, 0.15) is 97.4 Å². The van der Waals surface area contributed by atoms with Crippen LogP contribution in [0.3, 0.4) is 0 Å². The SMILES string of the molecule is CC(C)(C)c1cc(-c2cccc3c2=C(c2ccccc2N(c2cc(C(C)(C)C)ccc2-c2ccccc2)c2ccccc2-c2cccc4c2sc2ccccc24)CCC=3)cc(C(C)(C)C)c1. The molecule has 0 fully saturated rings. The summed E-state index contributed by atoms with van der Waals surface area (Å²) in [4.78, 5) is 2.61. The monoisotopic (exact) mass is 875 g/mol. The molecule has 1 aliphatic rings. The molecule has 0 saturated carbocycles. The zero-order valence-corrected chi connectivity index (χ0v) is 40.9. The zero-order chi connectivity index (χ0) is 46.0. The summed E-state index contributed by atoms with van der Waals surface area (Å²) in [5.41, 5.74) is 17.6. The molecule has 10 rings (SSSR count). The quantitative estimate of drug-likeness (QED) is 0.154. The van der Waals surface area contributed by atoms with E-state index in [0.29, 0.717) is 0 Å². The zero-order valence-electron chi connectivity index (χ0n) is 40.1. The average Bonchev–Trinajstić information content (AvgIpc) is 3.70. The Balaban J connectivity index is 1.31. The molecule has 8 aromatic carbocycles. The molecule has 1 aromatic heterocycles. The van der Waals surface area contributed by atoms with E-state index in [1.807, 2.05) is 11.3 Å². The number of hydrogen-bond acceptors (Lipinski definition) is 2. The molecule has 0 spiro atoms. The van der Waals surface area contributed by atoms with Crippen LogP contribution in [0.5, 0.6) is 0 Å². The van der Waals surface area contributed by atoms with Crippen LogP contribution in [0.25, 0.3) is 65.2 Å². The van der Waals surface area contributed by atoms with Gasteiger partial charge in [0.25, 0.3) is 0 Å². The Morgan fingerprint density at radius 1 is 0.409 bits per heavy atom. The summed E-state index contributed by atoms with van der Waals surface area (Å²) in [5.74, 6) is 0. The Morgan fingerprint density at radius 3 is 1.70 bits per heavy atom. The minimum atomic E-state index is -0.0767. The van der Waals surface area contributed by atoms with Crippen LogP contribution < -0.4 is 15.3 Å². The van der Waals surface area contributed by atoms with Crippen molar-refractivity contribution in [2.75, 3.05) is 4.90 Å². The van der Waals surface area contributed by atoms with Gasteiger partial charge in [-0.15, -0.1) is 11.3 Å². The van der Waals surface area contributed by atoms with Crippen molar-refractivity contribution in [3.05, 3.63) is 209 Å². The van der Waals surface area contributed by atoms with Gasteiger partial charge in [0.15, 0.2) is 0 Å². The summed E-state index contributed by atoms with van der Waals surface area (Å²) < 4.78 is 2.63. The minimum Gasteiger partial charge on any atom is -0.309 e. The van der Waals surface area contributed by atoms with E-state index in [2.05, 4.69) is 249 Å². The molecule has 0 unspecified atom stereocenters. The molecule has 328 valence electrons. The van der Waals surface area contributed by atoms with E-state index >= 15 is 0 Å². The second-order valence-corrected chi connectivity index (χ2v) is 22.3. The molecule has 1 aliphatic carbocycles. The van der Waals surface area contributed by atoms with Gasteiger partial charge in [0.2, 0.25) is 0 Å². The Labute approximate surface area is 396 Å². The van der Waals surface area contributed by atoms with Gasteiger partial charge < -0.3 is 4.90 Å². The second-order valence-electron chi connectivity index (χ2n) is 21.3. The topological polar surface area (TPSA) is 3.24 Å². The van der Waals surface area contributed by atoms with Crippen LogP contribution in [0.2, 0.25) is 0 Å². The highest BCUT2D eigenvalue weighted by Gasteiger charge is 2.28. The molecule has 0 saturated heterocycles. The molecule has 2 heteroatoms. The van der Waals surface area contributed by atoms with Gasteiger partial charge in [-0.25, -0.2) is 0 Å². The van der Waals surface area contributed by atoms with Gasteiger partial charge in [0, 0.05) is 42.4 Å². The maximum absolute atomic E-state index is 2.61. The van der Waals surface area contributed by atoms with Gasteiger partial charge in [0.1, 0.15) is 0 Å². The standard InChI is InChI=1S/C64H61NS/c1-62(2,3)45-36-37-48(42-22-11-10-12-23-42)58(41-45)65(57-34-17-14-27-51(57)54-31-21-32-55-52-28-15-18-35-59(52)66-61(54)55)56-33-16-13-26-50(56)53-30-20-25-43-24-19-29-49(60(43)53)44-38-46(63(4,5)6)40-47(39-44)64(7,8)9/h10-19,21-29,31-41H,20,30H2,1-9H3. The van der Waals surface area contributed by atoms with Crippen molar-refractivity contribution in [3.63, 3.8) is 0 Å². The van der Waals surface area contributed by atoms with Gasteiger partial charge in [-0.05, 0) is 103 Å². The number of hydrogen-bond donors (Lipinski definition) is 0. The van der Waals surface area contributed by atoms with Crippen molar-refractivity contribution in [1.82, 2.24) is 0 Å². The normalized spacial score (nSPS) is 13.2. The Hall–Kier alpha value is -6.48. The van der Waals surface area contributed by atoms with Gasteiger partial charge in [-0.3, -0.25) is 0 Å². The van der Waals surface area contributed by atoms with Crippen LogP contribution in [0.15, 0.2) is 176 Å². The number of benzene rings is 8.